The minimum absolute atomic E-state index is 0.0748. The second-order valence-corrected chi connectivity index (χ2v) is 10.9. The first-order chi connectivity index (χ1) is 16.1. The van der Waals surface area contributed by atoms with Gasteiger partial charge in [-0.3, -0.25) is 14.2 Å². The van der Waals surface area contributed by atoms with Crippen molar-refractivity contribution in [3.8, 4) is 6.07 Å². The number of likely N-dealkylation sites (N-methyl/N-ethyl adjacent to an activating group) is 1. The van der Waals surface area contributed by atoms with Gasteiger partial charge in [-0.15, -0.1) is 0 Å². The van der Waals surface area contributed by atoms with Crippen LogP contribution in [0.4, 0.5) is 4.39 Å². The van der Waals surface area contributed by atoms with Crippen LogP contribution in [0, 0.1) is 29.1 Å². The zero-order chi connectivity index (χ0) is 25.0. The predicted molar refractivity (Wildman–Crippen MR) is 131 cm³/mol. The normalized spacial score (nSPS) is 35.7. The van der Waals surface area contributed by atoms with E-state index in [2.05, 4.69) is 40.5 Å². The van der Waals surface area contributed by atoms with Crippen molar-refractivity contribution in [2.24, 2.45) is 29.2 Å². The van der Waals surface area contributed by atoms with Crippen molar-refractivity contribution in [1.82, 2.24) is 20.4 Å². The van der Waals surface area contributed by atoms with Gasteiger partial charge in [0.1, 0.15) is 18.2 Å². The van der Waals surface area contributed by atoms with Crippen molar-refractivity contribution in [3.63, 3.8) is 0 Å². The Labute approximate surface area is 203 Å². The number of nitrogens with two attached hydrogens (primary N) is 2. The number of hydrogen-bond acceptors (Lipinski definition) is 7. The van der Waals surface area contributed by atoms with Gasteiger partial charge in [-0.1, -0.05) is 6.92 Å². The summed E-state index contributed by atoms with van der Waals surface area (Å²) in [6.45, 7) is 9.54. The molecular formula is C24H44FN8O+. The van der Waals surface area contributed by atoms with Crippen LogP contribution in [-0.2, 0) is 4.79 Å². The van der Waals surface area contributed by atoms with Crippen molar-refractivity contribution in [2.45, 2.75) is 51.0 Å². The summed E-state index contributed by atoms with van der Waals surface area (Å²) in [5.74, 6) is -0.980. The summed E-state index contributed by atoms with van der Waals surface area (Å²) >= 11 is 0. The minimum Gasteiger partial charge on any atom is -0.350 e. The molecule has 0 aromatic heterocycles. The standard InChI is InChI=1S/C24H43FN8O/c1-16-5-6-19(25)15-33(4,14-16)17(2)21(23(27)28)24(34)30-20-13-29-12-18(11-26)22(20)32-9-7-31(3)8-10-32/h15-18,20-23,29H,5-10,12-14,27-28H2,1-4H3/p+1. The second kappa shape index (κ2) is 11.4. The number of nitrogens with one attached hydrogen (secondary N) is 2. The number of carbonyl (C=O) groups excluding carboxylic acids is 1. The summed E-state index contributed by atoms with van der Waals surface area (Å²) in [4.78, 5) is 18.3. The largest absolute Gasteiger partial charge is 0.350 e. The number of nitriles is 1. The van der Waals surface area contributed by atoms with Crippen LogP contribution < -0.4 is 22.1 Å². The molecule has 3 heterocycles. The lowest BCUT2D eigenvalue weighted by Crippen LogP contribution is -2.68. The highest BCUT2D eigenvalue weighted by molar-refractivity contribution is 5.80. The van der Waals surface area contributed by atoms with Gasteiger partial charge in [-0.2, -0.15) is 5.26 Å². The highest BCUT2D eigenvalue weighted by atomic mass is 19.1. The lowest BCUT2D eigenvalue weighted by Gasteiger charge is -2.46. The van der Waals surface area contributed by atoms with Crippen LogP contribution in [0.3, 0.4) is 0 Å². The van der Waals surface area contributed by atoms with E-state index in [-0.39, 0.29) is 40.3 Å². The van der Waals surface area contributed by atoms with Gasteiger partial charge in [0.05, 0.1) is 37.8 Å². The number of carbonyl (C=O) groups is 1. The second-order valence-electron chi connectivity index (χ2n) is 10.9. The highest BCUT2D eigenvalue weighted by Crippen LogP contribution is 2.30. The number of hydrogen-bond donors (Lipinski definition) is 4. The monoisotopic (exact) mass is 479 g/mol. The molecule has 0 radical (unpaired) electrons. The molecule has 0 aromatic rings. The van der Waals surface area contributed by atoms with Crippen molar-refractivity contribution in [2.75, 3.05) is 59.9 Å². The fourth-order valence-electron chi connectivity index (χ4n) is 6.03. The van der Waals surface area contributed by atoms with E-state index in [0.29, 0.717) is 25.4 Å². The first-order valence-corrected chi connectivity index (χ1v) is 12.6. The number of rotatable bonds is 6. The third-order valence-corrected chi connectivity index (χ3v) is 8.19. The Balaban J connectivity index is 1.80. The average molecular weight is 480 g/mol. The average Bonchev–Trinajstić information content (AvgIpc) is 2.91. The Bertz CT molecular complexity index is 777. The molecule has 6 N–H and O–H groups in total. The Hall–Kier alpha value is -1.61. The lowest BCUT2D eigenvalue weighted by molar-refractivity contribution is -0.889. The van der Waals surface area contributed by atoms with Crippen LogP contribution in [0.1, 0.15) is 26.7 Å². The van der Waals surface area contributed by atoms with Gasteiger partial charge in [-0.05, 0) is 20.4 Å². The van der Waals surface area contributed by atoms with Crippen LogP contribution in [0.25, 0.3) is 0 Å². The van der Waals surface area contributed by atoms with E-state index in [0.717, 1.165) is 39.1 Å². The number of allylic oxidation sites excluding steroid dienone is 1. The van der Waals surface area contributed by atoms with Gasteiger partial charge in [0.2, 0.25) is 5.91 Å². The highest BCUT2D eigenvalue weighted by Gasteiger charge is 2.45. The summed E-state index contributed by atoms with van der Waals surface area (Å²) in [6, 6.07) is 1.83. The number of halogens is 1. The molecule has 0 aliphatic carbocycles. The first-order valence-electron chi connectivity index (χ1n) is 12.6. The van der Waals surface area contributed by atoms with Gasteiger partial charge < -0.3 is 27.0 Å². The van der Waals surface area contributed by atoms with Gasteiger partial charge >= 0.3 is 0 Å². The number of amides is 1. The lowest BCUT2D eigenvalue weighted by atomic mass is 9.87. The molecule has 192 valence electrons. The van der Waals surface area contributed by atoms with E-state index in [1.54, 1.807) is 6.20 Å². The van der Waals surface area contributed by atoms with Crippen LogP contribution in [0.2, 0.25) is 0 Å². The molecule has 2 fully saturated rings. The molecule has 1 amide bonds. The van der Waals surface area contributed by atoms with Crippen LogP contribution in [-0.4, -0.2) is 104 Å². The van der Waals surface area contributed by atoms with Crippen LogP contribution in [0.5, 0.6) is 0 Å². The topological polar surface area (TPSA) is 123 Å². The summed E-state index contributed by atoms with van der Waals surface area (Å²) < 4.78 is 14.8. The minimum atomic E-state index is -0.884. The number of piperazine rings is 1. The Morgan fingerprint density at radius 1 is 1.32 bits per heavy atom. The zero-order valence-corrected chi connectivity index (χ0v) is 21.2. The van der Waals surface area contributed by atoms with E-state index < -0.39 is 12.1 Å². The van der Waals surface area contributed by atoms with Crippen molar-refractivity contribution >= 4 is 5.91 Å². The fourth-order valence-corrected chi connectivity index (χ4v) is 6.03. The number of nitrogens with zero attached hydrogens (tertiary/aromatic N) is 4. The summed E-state index contributed by atoms with van der Waals surface area (Å²) in [7, 11) is 4.05. The molecule has 3 aliphatic heterocycles. The molecule has 34 heavy (non-hydrogen) atoms. The van der Waals surface area contributed by atoms with Crippen molar-refractivity contribution in [3.05, 3.63) is 12.0 Å². The molecule has 3 rings (SSSR count). The van der Waals surface area contributed by atoms with E-state index in [4.69, 9.17) is 11.5 Å². The molecule has 10 heteroatoms. The molecule has 2 saturated heterocycles. The number of piperidine rings is 1. The van der Waals surface area contributed by atoms with Crippen molar-refractivity contribution in [1.29, 1.82) is 5.26 Å². The van der Waals surface area contributed by atoms with Crippen LogP contribution in [0.15, 0.2) is 12.0 Å². The van der Waals surface area contributed by atoms with Gasteiger partial charge in [0.15, 0.2) is 5.83 Å². The fraction of sp³-hybridized carbons (Fsp3) is 0.833. The summed E-state index contributed by atoms with van der Waals surface area (Å²) in [5, 5.41) is 16.4. The Morgan fingerprint density at radius 2 is 2.00 bits per heavy atom. The zero-order valence-electron chi connectivity index (χ0n) is 21.2. The number of quaternary nitrogens is 1. The first kappa shape index (κ1) is 27.0. The summed E-state index contributed by atoms with van der Waals surface area (Å²) in [6.07, 6.45) is 1.95. The van der Waals surface area contributed by atoms with E-state index >= 15 is 0 Å². The predicted octanol–water partition coefficient (Wildman–Crippen LogP) is -0.234. The Morgan fingerprint density at radius 3 is 2.62 bits per heavy atom. The molecule has 7 atom stereocenters. The molecule has 0 aromatic carbocycles. The van der Waals surface area contributed by atoms with Gasteiger partial charge in [0.25, 0.3) is 0 Å². The third-order valence-electron chi connectivity index (χ3n) is 8.19. The molecule has 0 saturated carbocycles. The molecule has 0 spiro atoms. The molecule has 7 unspecified atom stereocenters. The van der Waals surface area contributed by atoms with Gasteiger partial charge in [0, 0.05) is 57.6 Å². The van der Waals surface area contributed by atoms with Crippen molar-refractivity contribution < 1.29 is 13.7 Å². The SMILES string of the molecule is CC1CCC(F)=C[N+](C)(C(C)C(C(=O)NC2CNCC(C#N)C2N2CCN(C)CC2)C(N)N)C1. The molecule has 0 bridgehead atoms. The van der Waals surface area contributed by atoms with Gasteiger partial charge in [-0.25, -0.2) is 4.39 Å². The smallest absolute Gasteiger partial charge is 0.232 e. The third kappa shape index (κ3) is 6.14. The van der Waals surface area contributed by atoms with E-state index in [1.807, 2.05) is 14.0 Å². The molecule has 9 nitrogen and oxygen atoms in total. The summed E-state index contributed by atoms with van der Waals surface area (Å²) in [5.41, 5.74) is 12.3. The Kier molecular flexibility index (Phi) is 9.06. The molecular weight excluding hydrogens is 435 g/mol. The molecule has 3 aliphatic rings. The van der Waals surface area contributed by atoms with E-state index in [9.17, 15) is 14.4 Å². The maximum absolute atomic E-state index is 14.5. The van der Waals surface area contributed by atoms with Crippen LogP contribution >= 0.6 is 0 Å². The van der Waals surface area contributed by atoms with E-state index in [1.165, 1.54) is 0 Å². The maximum Gasteiger partial charge on any atom is 0.232 e. The quantitative estimate of drug-likeness (QED) is 0.306. The maximum atomic E-state index is 14.5.